The Morgan fingerprint density at radius 3 is 2.79 bits per heavy atom. The summed E-state index contributed by atoms with van der Waals surface area (Å²) in [5, 5.41) is 10.2. The van der Waals surface area contributed by atoms with Gasteiger partial charge in [0.2, 0.25) is 0 Å². The van der Waals surface area contributed by atoms with Gasteiger partial charge in [0.25, 0.3) is 5.91 Å². The molecule has 3 atom stereocenters. The van der Waals surface area contributed by atoms with E-state index in [2.05, 4.69) is 0 Å². The molecule has 1 amide bonds. The molecule has 7 nitrogen and oxygen atoms in total. The summed E-state index contributed by atoms with van der Waals surface area (Å²) in [7, 11) is 0. The Bertz CT molecular complexity index is 997. The van der Waals surface area contributed by atoms with E-state index >= 15 is 0 Å². The number of aryl methyl sites for hydroxylation is 2. The number of rotatable bonds is 4. The SMILES string of the molecule is Cc1cc(OCC(=O)N2CCO[C@H]3C[C@H](CO)C[C@@H]32)c2c(C)c(C)c(=O)oc2c1. The van der Waals surface area contributed by atoms with Crippen LogP contribution in [0.5, 0.6) is 5.75 Å². The van der Waals surface area contributed by atoms with Gasteiger partial charge in [0.05, 0.1) is 24.1 Å². The molecule has 1 aliphatic carbocycles. The zero-order valence-corrected chi connectivity index (χ0v) is 17.1. The predicted octanol–water partition coefficient (Wildman–Crippen LogP) is 2.10. The number of amides is 1. The summed E-state index contributed by atoms with van der Waals surface area (Å²) in [6, 6.07) is 3.66. The molecule has 1 saturated carbocycles. The van der Waals surface area contributed by atoms with Gasteiger partial charge in [-0.15, -0.1) is 0 Å². The Labute approximate surface area is 169 Å². The minimum Gasteiger partial charge on any atom is -0.483 e. The maximum atomic E-state index is 12.9. The van der Waals surface area contributed by atoms with Crippen molar-refractivity contribution >= 4 is 16.9 Å². The number of ether oxygens (including phenoxy) is 2. The molecule has 7 heteroatoms. The van der Waals surface area contributed by atoms with Crippen molar-refractivity contribution in [3.63, 3.8) is 0 Å². The molecule has 0 spiro atoms. The van der Waals surface area contributed by atoms with Crippen molar-refractivity contribution in [2.45, 2.75) is 45.8 Å². The molecule has 156 valence electrons. The highest BCUT2D eigenvalue weighted by Gasteiger charge is 2.42. The molecule has 0 bridgehead atoms. The Hall–Kier alpha value is -2.38. The molecule has 1 aliphatic heterocycles. The topological polar surface area (TPSA) is 89.2 Å². The second-order valence-corrected chi connectivity index (χ2v) is 8.15. The van der Waals surface area contributed by atoms with Crippen LogP contribution in [0.2, 0.25) is 0 Å². The summed E-state index contributed by atoms with van der Waals surface area (Å²) in [5.41, 5.74) is 2.33. The lowest BCUT2D eigenvalue weighted by Gasteiger charge is -2.37. The summed E-state index contributed by atoms with van der Waals surface area (Å²) in [4.78, 5) is 26.8. The molecule has 1 aromatic carbocycles. The highest BCUT2D eigenvalue weighted by Crippen LogP contribution is 2.34. The lowest BCUT2D eigenvalue weighted by Crippen LogP contribution is -2.52. The second kappa shape index (κ2) is 7.80. The second-order valence-electron chi connectivity index (χ2n) is 8.15. The van der Waals surface area contributed by atoms with Crippen LogP contribution in [0.25, 0.3) is 11.0 Å². The van der Waals surface area contributed by atoms with E-state index in [4.69, 9.17) is 13.9 Å². The molecule has 1 aromatic heterocycles. The standard InChI is InChI=1S/C22H27NO6/c1-12-6-18(21-13(2)14(3)22(26)29-19(21)7-12)28-11-20(25)23-4-5-27-17-9-15(10-24)8-16(17)23/h6-7,15-17,24H,4-5,8-11H2,1-3H3/t15-,16+,17+/m1/s1. The fourth-order valence-electron chi connectivity index (χ4n) is 4.53. The minimum absolute atomic E-state index is 0.00624. The van der Waals surface area contributed by atoms with E-state index < -0.39 is 0 Å². The molecule has 1 saturated heterocycles. The van der Waals surface area contributed by atoms with Gasteiger partial charge in [-0.25, -0.2) is 4.79 Å². The highest BCUT2D eigenvalue weighted by molar-refractivity contribution is 5.88. The van der Waals surface area contributed by atoms with Crippen LogP contribution in [0, 0.1) is 26.7 Å². The number of carbonyl (C=O) groups is 1. The molecule has 0 radical (unpaired) electrons. The normalized spacial score (nSPS) is 24.0. The van der Waals surface area contributed by atoms with E-state index in [1.807, 2.05) is 24.8 Å². The van der Waals surface area contributed by atoms with Crippen LogP contribution in [-0.4, -0.2) is 54.4 Å². The first-order chi connectivity index (χ1) is 13.9. The fourth-order valence-corrected chi connectivity index (χ4v) is 4.53. The molecule has 2 aliphatic rings. The fraction of sp³-hybridized carbons (Fsp3) is 0.545. The molecule has 2 fully saturated rings. The zero-order valence-electron chi connectivity index (χ0n) is 17.1. The summed E-state index contributed by atoms with van der Waals surface area (Å²) >= 11 is 0. The predicted molar refractivity (Wildman–Crippen MR) is 107 cm³/mol. The van der Waals surface area contributed by atoms with E-state index in [1.54, 1.807) is 13.0 Å². The van der Waals surface area contributed by atoms with Gasteiger partial charge in [-0.3, -0.25) is 4.79 Å². The maximum Gasteiger partial charge on any atom is 0.339 e. The number of aliphatic hydroxyl groups excluding tert-OH is 1. The quantitative estimate of drug-likeness (QED) is 0.790. The lowest BCUT2D eigenvalue weighted by molar-refractivity contribution is -0.146. The Morgan fingerprint density at radius 2 is 2.03 bits per heavy atom. The molecular weight excluding hydrogens is 374 g/mol. The van der Waals surface area contributed by atoms with Gasteiger partial charge in [0, 0.05) is 18.7 Å². The molecule has 29 heavy (non-hydrogen) atoms. The van der Waals surface area contributed by atoms with E-state index in [0.29, 0.717) is 30.0 Å². The number of benzene rings is 1. The van der Waals surface area contributed by atoms with Gasteiger partial charge in [0.1, 0.15) is 11.3 Å². The smallest absolute Gasteiger partial charge is 0.339 e. The van der Waals surface area contributed by atoms with Crippen molar-refractivity contribution in [1.29, 1.82) is 0 Å². The number of aliphatic hydroxyl groups is 1. The largest absolute Gasteiger partial charge is 0.483 e. The minimum atomic E-state index is -0.360. The number of hydrogen-bond acceptors (Lipinski definition) is 6. The molecular formula is C22H27NO6. The van der Waals surface area contributed by atoms with E-state index in [0.717, 1.165) is 29.4 Å². The van der Waals surface area contributed by atoms with E-state index in [9.17, 15) is 14.7 Å². The summed E-state index contributed by atoms with van der Waals surface area (Å²) in [6.07, 6.45) is 1.53. The highest BCUT2D eigenvalue weighted by atomic mass is 16.5. The van der Waals surface area contributed by atoms with Crippen LogP contribution in [0.1, 0.15) is 29.5 Å². The van der Waals surface area contributed by atoms with Crippen molar-refractivity contribution in [1.82, 2.24) is 4.90 Å². The van der Waals surface area contributed by atoms with Crippen LogP contribution in [0.4, 0.5) is 0 Å². The molecule has 2 aromatic rings. The van der Waals surface area contributed by atoms with Crippen molar-refractivity contribution in [2.24, 2.45) is 5.92 Å². The Morgan fingerprint density at radius 1 is 1.24 bits per heavy atom. The van der Waals surface area contributed by atoms with Crippen molar-refractivity contribution in [3.8, 4) is 5.75 Å². The number of hydrogen-bond donors (Lipinski definition) is 1. The van der Waals surface area contributed by atoms with Gasteiger partial charge >= 0.3 is 5.63 Å². The van der Waals surface area contributed by atoms with Crippen LogP contribution < -0.4 is 10.4 Å². The first kappa shape index (κ1) is 19.9. The Kier molecular flexibility index (Phi) is 5.36. The third-order valence-electron chi connectivity index (χ3n) is 6.22. The van der Waals surface area contributed by atoms with Gasteiger partial charge in [-0.05, 0) is 62.8 Å². The molecule has 0 unspecified atom stereocenters. The third kappa shape index (κ3) is 3.65. The number of nitrogens with zero attached hydrogens (tertiary/aromatic N) is 1. The summed E-state index contributed by atoms with van der Waals surface area (Å²) in [6.45, 7) is 6.53. The van der Waals surface area contributed by atoms with Crippen molar-refractivity contribution in [2.75, 3.05) is 26.4 Å². The number of morpholine rings is 1. The number of fused-ring (bicyclic) bond motifs is 2. The van der Waals surface area contributed by atoms with Gasteiger partial charge in [0.15, 0.2) is 6.61 Å². The van der Waals surface area contributed by atoms with Crippen molar-refractivity contribution in [3.05, 3.63) is 39.2 Å². The monoisotopic (exact) mass is 401 g/mol. The molecule has 1 N–H and O–H groups in total. The van der Waals surface area contributed by atoms with Crippen molar-refractivity contribution < 1.29 is 23.8 Å². The number of carbonyl (C=O) groups excluding carboxylic acids is 1. The van der Waals surface area contributed by atoms with Gasteiger partial charge < -0.3 is 23.9 Å². The van der Waals surface area contributed by atoms with Crippen LogP contribution in [0.15, 0.2) is 21.3 Å². The maximum absolute atomic E-state index is 12.9. The molecule has 2 heterocycles. The van der Waals surface area contributed by atoms with Crippen LogP contribution in [-0.2, 0) is 9.53 Å². The van der Waals surface area contributed by atoms with Gasteiger partial charge in [-0.2, -0.15) is 0 Å². The average Bonchev–Trinajstić information content (AvgIpc) is 3.13. The van der Waals surface area contributed by atoms with Gasteiger partial charge in [-0.1, -0.05) is 0 Å². The lowest BCUT2D eigenvalue weighted by atomic mass is 10.0. The summed E-state index contributed by atoms with van der Waals surface area (Å²) < 4.78 is 17.2. The zero-order chi connectivity index (χ0) is 20.7. The Balaban J connectivity index is 1.56. The van der Waals surface area contributed by atoms with Crippen LogP contribution in [0.3, 0.4) is 0 Å². The average molecular weight is 401 g/mol. The first-order valence-electron chi connectivity index (χ1n) is 10.1. The first-order valence-corrected chi connectivity index (χ1v) is 10.1. The summed E-state index contributed by atoms with van der Waals surface area (Å²) in [5.74, 6) is 0.624. The third-order valence-corrected chi connectivity index (χ3v) is 6.22. The molecule has 4 rings (SSSR count). The van der Waals surface area contributed by atoms with E-state index in [-0.39, 0.29) is 42.8 Å². The van der Waals surface area contributed by atoms with Crippen LogP contribution >= 0.6 is 0 Å². The van der Waals surface area contributed by atoms with E-state index in [1.165, 1.54) is 0 Å².